The quantitative estimate of drug-likeness (QED) is 0.302. The summed E-state index contributed by atoms with van der Waals surface area (Å²) in [6.07, 6.45) is 19.9. The molecule has 220 valence electrons. The van der Waals surface area contributed by atoms with Crippen LogP contribution in [0.4, 0.5) is 0 Å². The van der Waals surface area contributed by atoms with E-state index < -0.39 is 0 Å². The van der Waals surface area contributed by atoms with Gasteiger partial charge >= 0.3 is 0 Å². The van der Waals surface area contributed by atoms with Crippen molar-refractivity contribution in [2.75, 3.05) is 6.54 Å². The molecule has 4 aliphatic rings. The second kappa shape index (κ2) is 11.6. The molecule has 2 saturated carbocycles. The highest BCUT2D eigenvalue weighted by Gasteiger charge is 2.43. The molecule has 0 aromatic rings. The highest BCUT2D eigenvalue weighted by molar-refractivity contribution is 5.08. The summed E-state index contributed by atoms with van der Waals surface area (Å²) in [5.74, 6) is 0.587. The van der Waals surface area contributed by atoms with E-state index in [-0.39, 0.29) is 22.2 Å². The van der Waals surface area contributed by atoms with Gasteiger partial charge in [-0.1, -0.05) is 38.5 Å². The van der Waals surface area contributed by atoms with Gasteiger partial charge in [-0.3, -0.25) is 4.90 Å². The highest BCUT2D eigenvalue weighted by atomic mass is 16.3. The largest absolute Gasteiger partial charge is 0.509 e. The van der Waals surface area contributed by atoms with Crippen LogP contribution in [0.3, 0.4) is 0 Å². The van der Waals surface area contributed by atoms with Gasteiger partial charge in [-0.05, 0) is 107 Å². The number of rotatable bonds is 7. The van der Waals surface area contributed by atoms with E-state index >= 15 is 0 Å². The zero-order chi connectivity index (χ0) is 27.8. The Morgan fingerprint density at radius 1 is 0.605 bits per heavy atom. The zero-order valence-corrected chi connectivity index (χ0v) is 26.3. The Hall–Kier alpha value is -0.780. The summed E-state index contributed by atoms with van der Waals surface area (Å²) in [6, 6.07) is 2.11. The Bertz CT molecular complexity index is 772. The molecule has 0 spiro atoms. The lowest BCUT2D eigenvalue weighted by Crippen LogP contribution is -2.63. The summed E-state index contributed by atoms with van der Waals surface area (Å²) in [5, 5.41) is 19.6. The van der Waals surface area contributed by atoms with Crippen LogP contribution in [-0.2, 0) is 0 Å². The molecule has 5 heteroatoms. The first-order chi connectivity index (χ1) is 17.6. The fraction of sp³-hybridized carbons (Fsp3) is 0.939. The maximum absolute atomic E-state index is 11.8. The number of nitrogens with zero attached hydrogens (tertiary/aromatic N) is 2. The van der Waals surface area contributed by atoms with Gasteiger partial charge in [0, 0.05) is 52.5 Å². The summed E-state index contributed by atoms with van der Waals surface area (Å²) in [7, 11) is 0. The summed E-state index contributed by atoms with van der Waals surface area (Å²) >= 11 is 0. The molecule has 0 aromatic carbocycles. The summed E-state index contributed by atoms with van der Waals surface area (Å²) in [6.45, 7) is 19.6. The van der Waals surface area contributed by atoms with Crippen LogP contribution >= 0.6 is 0 Å². The molecule has 0 unspecified atom stereocenters. The minimum absolute atomic E-state index is 0.100. The average molecular weight is 531 g/mol. The molecule has 0 amide bonds. The van der Waals surface area contributed by atoms with Crippen molar-refractivity contribution in [1.29, 1.82) is 0 Å². The first-order valence-electron chi connectivity index (χ1n) is 16.2. The van der Waals surface area contributed by atoms with Crippen LogP contribution in [0.15, 0.2) is 12.0 Å². The predicted octanol–water partition coefficient (Wildman–Crippen LogP) is 7.27. The number of piperidine rings is 2. The predicted molar refractivity (Wildman–Crippen MR) is 162 cm³/mol. The van der Waals surface area contributed by atoms with Crippen molar-refractivity contribution >= 4 is 0 Å². The Morgan fingerprint density at radius 3 is 1.45 bits per heavy atom. The maximum Gasteiger partial charge on any atom is 0.122 e. The molecule has 2 saturated heterocycles. The first kappa shape index (κ1) is 30.2. The fourth-order valence-corrected chi connectivity index (χ4v) is 9.24. The van der Waals surface area contributed by atoms with E-state index in [0.717, 1.165) is 25.7 Å². The molecule has 38 heavy (non-hydrogen) atoms. The SMILES string of the molecule is CC1(C)CC(N(/C=C(\O)CN(C2CCCCC2)C2CC(C)(C)NC(C)(C)C2)C2CCCCC2)CC(C)(C)N1. The molecule has 0 aromatic heterocycles. The molecular weight excluding hydrogens is 468 g/mol. The van der Waals surface area contributed by atoms with Crippen LogP contribution in [0.25, 0.3) is 0 Å². The molecule has 5 nitrogen and oxygen atoms in total. The van der Waals surface area contributed by atoms with Crippen molar-refractivity contribution in [2.45, 2.75) is 192 Å². The van der Waals surface area contributed by atoms with Gasteiger partial charge < -0.3 is 20.6 Å². The summed E-state index contributed by atoms with van der Waals surface area (Å²) in [5.41, 5.74) is 0.421. The molecule has 0 bridgehead atoms. The van der Waals surface area contributed by atoms with Gasteiger partial charge in [-0.2, -0.15) is 0 Å². The van der Waals surface area contributed by atoms with E-state index in [4.69, 9.17) is 0 Å². The van der Waals surface area contributed by atoms with E-state index in [1.165, 1.54) is 64.2 Å². The van der Waals surface area contributed by atoms with Crippen LogP contribution < -0.4 is 10.6 Å². The molecule has 3 N–H and O–H groups in total. The standard InChI is InChI=1S/C33H62N4O/c1-30(2)19-27(20-31(3,4)34-30)36(25-15-11-9-12-16-25)23-29(38)24-37(26-17-13-10-14-18-26)28-21-32(5,6)35-33(7,8)22-28/h23,25-28,34-35,38H,9-22,24H2,1-8H3/b29-23-. The highest BCUT2D eigenvalue weighted by Crippen LogP contribution is 2.38. The Balaban J connectivity index is 1.60. The van der Waals surface area contributed by atoms with E-state index in [0.29, 0.717) is 36.5 Å². The van der Waals surface area contributed by atoms with E-state index in [1.54, 1.807) is 0 Å². The van der Waals surface area contributed by atoms with Crippen LogP contribution in [0, 0.1) is 0 Å². The Labute approximate surface area is 235 Å². The molecule has 2 aliphatic heterocycles. The van der Waals surface area contributed by atoms with E-state index in [9.17, 15) is 5.11 Å². The normalized spacial score (nSPS) is 29.4. The molecule has 4 fully saturated rings. The van der Waals surface area contributed by atoms with E-state index in [1.807, 2.05) is 0 Å². The molecular formula is C33H62N4O. The molecule has 4 rings (SSSR count). The van der Waals surface area contributed by atoms with Gasteiger partial charge in [-0.15, -0.1) is 0 Å². The fourth-order valence-electron chi connectivity index (χ4n) is 9.24. The lowest BCUT2D eigenvalue weighted by molar-refractivity contribution is 0.0246. The van der Waals surface area contributed by atoms with Gasteiger partial charge in [0.1, 0.15) is 5.76 Å². The smallest absolute Gasteiger partial charge is 0.122 e. The van der Waals surface area contributed by atoms with Crippen molar-refractivity contribution in [3.8, 4) is 0 Å². The summed E-state index contributed by atoms with van der Waals surface area (Å²) in [4.78, 5) is 5.39. The van der Waals surface area contributed by atoms with Crippen LogP contribution in [0.1, 0.15) is 145 Å². The number of nitrogens with one attached hydrogen (secondary N) is 2. The molecule has 0 atom stereocenters. The third kappa shape index (κ3) is 8.13. The van der Waals surface area contributed by atoms with Crippen molar-refractivity contribution < 1.29 is 5.11 Å². The van der Waals surface area contributed by atoms with Crippen molar-refractivity contribution in [3.63, 3.8) is 0 Å². The van der Waals surface area contributed by atoms with Crippen LogP contribution in [0.2, 0.25) is 0 Å². The molecule has 0 radical (unpaired) electrons. The van der Waals surface area contributed by atoms with Gasteiger partial charge in [0.25, 0.3) is 0 Å². The van der Waals surface area contributed by atoms with Gasteiger partial charge in [-0.25, -0.2) is 0 Å². The Kier molecular flexibility index (Phi) is 9.22. The maximum atomic E-state index is 11.8. The van der Waals surface area contributed by atoms with Crippen LogP contribution in [0.5, 0.6) is 0 Å². The monoisotopic (exact) mass is 530 g/mol. The minimum atomic E-state index is 0.100. The average Bonchev–Trinajstić information content (AvgIpc) is 2.78. The van der Waals surface area contributed by atoms with Crippen LogP contribution in [-0.4, -0.2) is 67.8 Å². The third-order valence-electron chi connectivity index (χ3n) is 9.91. The molecule has 2 aliphatic carbocycles. The Morgan fingerprint density at radius 2 is 1.00 bits per heavy atom. The number of hydrogen-bond donors (Lipinski definition) is 3. The lowest BCUT2D eigenvalue weighted by atomic mass is 9.77. The molecule has 2 heterocycles. The lowest BCUT2D eigenvalue weighted by Gasteiger charge is -2.52. The first-order valence-corrected chi connectivity index (χ1v) is 16.2. The topological polar surface area (TPSA) is 50.8 Å². The number of aliphatic hydroxyl groups excluding tert-OH is 1. The van der Waals surface area contributed by atoms with Crippen molar-refractivity contribution in [2.24, 2.45) is 0 Å². The van der Waals surface area contributed by atoms with Gasteiger partial charge in [0.15, 0.2) is 0 Å². The van der Waals surface area contributed by atoms with Gasteiger partial charge in [0.05, 0.1) is 6.54 Å². The van der Waals surface area contributed by atoms with Crippen molar-refractivity contribution in [3.05, 3.63) is 12.0 Å². The van der Waals surface area contributed by atoms with E-state index in [2.05, 4.69) is 82.0 Å². The van der Waals surface area contributed by atoms with Crippen molar-refractivity contribution in [1.82, 2.24) is 20.4 Å². The van der Waals surface area contributed by atoms with Gasteiger partial charge in [0.2, 0.25) is 0 Å². The summed E-state index contributed by atoms with van der Waals surface area (Å²) < 4.78 is 0. The number of hydrogen-bond acceptors (Lipinski definition) is 5. The zero-order valence-electron chi connectivity index (χ0n) is 26.3. The second-order valence-corrected chi connectivity index (χ2v) is 16.2. The number of aliphatic hydroxyl groups is 1. The second-order valence-electron chi connectivity index (χ2n) is 16.2. The third-order valence-corrected chi connectivity index (χ3v) is 9.91. The minimum Gasteiger partial charge on any atom is -0.509 e.